The number of fused-ring (bicyclic) bond motifs is 6. The molecule has 0 aliphatic heterocycles. The van der Waals surface area contributed by atoms with E-state index in [0.717, 1.165) is 94.3 Å². The highest BCUT2D eigenvalue weighted by atomic mass is 15.1. The summed E-state index contributed by atoms with van der Waals surface area (Å²) in [4.78, 5) is 15.8. The summed E-state index contributed by atoms with van der Waals surface area (Å²) < 4.78 is 4.67. The average molecular weight is 918 g/mol. The lowest BCUT2D eigenvalue weighted by atomic mass is 9.99. The molecular formula is C65H39N7. The molecule has 72 heavy (non-hydrogen) atoms. The number of hydrogen-bond acceptors (Lipinski definition) is 5. The van der Waals surface area contributed by atoms with Gasteiger partial charge < -0.3 is 9.13 Å². The van der Waals surface area contributed by atoms with Crippen LogP contribution in [0.15, 0.2) is 237 Å². The van der Waals surface area contributed by atoms with E-state index in [1.807, 2.05) is 109 Å². The Kier molecular flexibility index (Phi) is 10.1. The molecule has 0 N–H and O–H groups in total. The molecular weight excluding hydrogens is 879 g/mol. The number of hydrogen-bond donors (Lipinski definition) is 0. The third kappa shape index (κ3) is 7.25. The molecule has 7 heteroatoms. The van der Waals surface area contributed by atoms with Crippen molar-refractivity contribution in [2.75, 3.05) is 0 Å². The predicted molar refractivity (Wildman–Crippen MR) is 291 cm³/mol. The minimum atomic E-state index is 0.518. The minimum Gasteiger partial charge on any atom is -0.309 e. The van der Waals surface area contributed by atoms with E-state index >= 15 is 0 Å². The Bertz CT molecular complexity index is 4180. The van der Waals surface area contributed by atoms with Gasteiger partial charge in [-0.3, -0.25) is 0 Å². The average Bonchev–Trinajstić information content (AvgIpc) is 3.97. The van der Waals surface area contributed by atoms with E-state index in [-0.39, 0.29) is 0 Å². The van der Waals surface area contributed by atoms with Gasteiger partial charge in [0.05, 0.1) is 51.0 Å². The van der Waals surface area contributed by atoms with Crippen molar-refractivity contribution in [3.8, 4) is 91.1 Å². The van der Waals surface area contributed by atoms with Gasteiger partial charge in [-0.15, -0.1) is 0 Å². The Balaban J connectivity index is 1.12. The van der Waals surface area contributed by atoms with Gasteiger partial charge in [0, 0.05) is 43.9 Å². The van der Waals surface area contributed by atoms with Crippen LogP contribution < -0.4 is 0 Å². The van der Waals surface area contributed by atoms with E-state index in [4.69, 9.17) is 15.0 Å². The Morgan fingerprint density at radius 3 is 1.22 bits per heavy atom. The van der Waals surface area contributed by atoms with E-state index in [9.17, 15) is 10.5 Å². The third-order valence-corrected chi connectivity index (χ3v) is 13.6. The molecule has 334 valence electrons. The van der Waals surface area contributed by atoms with E-state index in [0.29, 0.717) is 28.6 Å². The molecule has 0 aliphatic rings. The molecule has 13 rings (SSSR count). The monoisotopic (exact) mass is 917 g/mol. The fraction of sp³-hybridized carbons (Fsp3) is 0. The topological polar surface area (TPSA) is 96.1 Å². The van der Waals surface area contributed by atoms with Gasteiger partial charge >= 0.3 is 0 Å². The highest BCUT2D eigenvalue weighted by Gasteiger charge is 2.22. The maximum Gasteiger partial charge on any atom is 0.166 e. The van der Waals surface area contributed by atoms with Gasteiger partial charge in [0.1, 0.15) is 0 Å². The number of nitriles is 2. The predicted octanol–water partition coefficient (Wildman–Crippen LogP) is 15.8. The van der Waals surface area contributed by atoms with Crippen molar-refractivity contribution < 1.29 is 0 Å². The van der Waals surface area contributed by atoms with Crippen LogP contribution in [0, 0.1) is 22.7 Å². The van der Waals surface area contributed by atoms with Crippen molar-refractivity contribution >= 4 is 43.6 Å². The molecule has 0 fully saturated rings. The van der Waals surface area contributed by atoms with Crippen LogP contribution in [-0.4, -0.2) is 24.1 Å². The zero-order chi connectivity index (χ0) is 48.1. The number of rotatable bonds is 8. The Hall–Kier alpha value is -10.2. The normalized spacial score (nSPS) is 11.3. The van der Waals surface area contributed by atoms with Gasteiger partial charge in [-0.05, 0) is 106 Å². The summed E-state index contributed by atoms with van der Waals surface area (Å²) in [6.07, 6.45) is 0. The molecule has 10 aromatic carbocycles. The largest absolute Gasteiger partial charge is 0.309 e. The first-order chi connectivity index (χ1) is 35.6. The number of aromatic nitrogens is 5. The standard InChI is InChI=1S/C65H39N7/c66-40-42-14-12-20-46(34-42)49-26-31-55-56-32-27-50(47-21-13-15-43(35-47)41-67)39-62(56)72(61(55)38-49)59-33-29-48(51-28-30-54-53-24-10-11-25-58(53)71(60(54)37-51)52-22-8-3-9-23-52)36-57(59)65-69-63(44-16-4-1-5-17-44)68-64(70-65)45-18-6-2-7-19-45/h1-39H. The molecule has 0 bridgehead atoms. The fourth-order valence-corrected chi connectivity index (χ4v) is 10.2. The molecule has 13 aromatic rings. The van der Waals surface area contributed by atoms with Crippen LogP contribution in [0.4, 0.5) is 0 Å². The molecule has 7 nitrogen and oxygen atoms in total. The minimum absolute atomic E-state index is 0.518. The molecule has 0 unspecified atom stereocenters. The molecule has 0 saturated carbocycles. The molecule has 0 spiro atoms. The van der Waals surface area contributed by atoms with E-state index in [1.54, 1.807) is 0 Å². The molecule has 0 saturated heterocycles. The number of benzene rings is 10. The van der Waals surface area contributed by atoms with Crippen LogP contribution >= 0.6 is 0 Å². The van der Waals surface area contributed by atoms with Crippen molar-refractivity contribution in [2.24, 2.45) is 0 Å². The van der Waals surface area contributed by atoms with E-state index in [1.165, 1.54) is 10.8 Å². The zero-order valence-electron chi connectivity index (χ0n) is 38.6. The SMILES string of the molecule is N#Cc1cccc(-c2ccc3c4ccc(-c5cccc(C#N)c5)cc4n(-c4ccc(-c5ccc6c7ccccc7n(-c7ccccc7)c6c5)cc4-c4nc(-c5ccccc5)nc(-c5ccccc5)n4)c3c2)c1. The summed E-state index contributed by atoms with van der Waals surface area (Å²) in [5.74, 6) is 1.64. The second kappa shape index (κ2) is 17.4. The highest BCUT2D eigenvalue weighted by molar-refractivity contribution is 6.12. The Morgan fingerprint density at radius 1 is 0.292 bits per heavy atom. The van der Waals surface area contributed by atoms with Crippen LogP contribution in [0.1, 0.15) is 11.1 Å². The first kappa shape index (κ1) is 41.9. The van der Waals surface area contributed by atoms with Gasteiger partial charge in [-0.25, -0.2) is 15.0 Å². The maximum atomic E-state index is 9.91. The second-order valence-corrected chi connectivity index (χ2v) is 17.9. The molecule has 0 amide bonds. The van der Waals surface area contributed by atoms with Crippen molar-refractivity contribution in [1.82, 2.24) is 24.1 Å². The maximum absolute atomic E-state index is 9.91. The second-order valence-electron chi connectivity index (χ2n) is 17.9. The molecule has 3 aromatic heterocycles. The first-order valence-corrected chi connectivity index (χ1v) is 23.8. The van der Waals surface area contributed by atoms with Gasteiger partial charge in [-0.2, -0.15) is 10.5 Å². The molecule has 0 radical (unpaired) electrons. The summed E-state index contributed by atoms with van der Waals surface area (Å²) in [5.41, 5.74) is 15.8. The molecule has 3 heterocycles. The molecule has 0 atom stereocenters. The third-order valence-electron chi connectivity index (χ3n) is 13.6. The lowest BCUT2D eigenvalue weighted by molar-refractivity contribution is 1.06. The van der Waals surface area contributed by atoms with Crippen LogP contribution in [0.3, 0.4) is 0 Å². The summed E-state index contributed by atoms with van der Waals surface area (Å²) in [6, 6.07) is 85.8. The fourth-order valence-electron chi connectivity index (χ4n) is 10.2. The van der Waals surface area contributed by atoms with Crippen LogP contribution in [0.25, 0.3) is 123 Å². The molecule has 0 aliphatic carbocycles. The van der Waals surface area contributed by atoms with Crippen LogP contribution in [0.5, 0.6) is 0 Å². The Morgan fingerprint density at radius 2 is 0.694 bits per heavy atom. The lowest BCUT2D eigenvalue weighted by Gasteiger charge is -2.17. The summed E-state index contributed by atoms with van der Waals surface area (Å²) in [5, 5.41) is 24.3. The van der Waals surface area contributed by atoms with E-state index in [2.05, 4.69) is 149 Å². The van der Waals surface area contributed by atoms with Gasteiger partial charge in [0.2, 0.25) is 0 Å². The number of nitrogens with zero attached hydrogens (tertiary/aromatic N) is 7. The Labute approximate surface area is 415 Å². The van der Waals surface area contributed by atoms with Gasteiger partial charge in [-0.1, -0.05) is 164 Å². The first-order valence-electron chi connectivity index (χ1n) is 23.8. The van der Waals surface area contributed by atoms with Crippen molar-refractivity contribution in [3.63, 3.8) is 0 Å². The van der Waals surface area contributed by atoms with Crippen molar-refractivity contribution in [2.45, 2.75) is 0 Å². The van der Waals surface area contributed by atoms with Crippen molar-refractivity contribution in [1.29, 1.82) is 10.5 Å². The number of para-hydroxylation sites is 2. The van der Waals surface area contributed by atoms with Gasteiger partial charge in [0.15, 0.2) is 17.5 Å². The van der Waals surface area contributed by atoms with Crippen LogP contribution in [-0.2, 0) is 0 Å². The van der Waals surface area contributed by atoms with Crippen LogP contribution in [0.2, 0.25) is 0 Å². The van der Waals surface area contributed by atoms with E-state index < -0.39 is 0 Å². The lowest BCUT2D eigenvalue weighted by Crippen LogP contribution is -2.04. The summed E-state index contributed by atoms with van der Waals surface area (Å²) >= 11 is 0. The van der Waals surface area contributed by atoms with Gasteiger partial charge in [0.25, 0.3) is 0 Å². The van der Waals surface area contributed by atoms with Crippen molar-refractivity contribution in [3.05, 3.63) is 248 Å². The highest BCUT2D eigenvalue weighted by Crippen LogP contribution is 2.42. The summed E-state index contributed by atoms with van der Waals surface area (Å²) in [6.45, 7) is 0. The quantitative estimate of drug-likeness (QED) is 0.151. The smallest absolute Gasteiger partial charge is 0.166 e. The summed E-state index contributed by atoms with van der Waals surface area (Å²) in [7, 11) is 0. The zero-order valence-corrected chi connectivity index (χ0v) is 38.6.